The van der Waals surface area contributed by atoms with Gasteiger partial charge in [0, 0.05) is 63.7 Å². The fourth-order valence-corrected chi connectivity index (χ4v) is 11.8. The summed E-state index contributed by atoms with van der Waals surface area (Å²) in [5, 5.41) is 0. The molecule has 2 saturated heterocycles. The Labute approximate surface area is 345 Å². The molecule has 10 rings (SSSR count). The summed E-state index contributed by atoms with van der Waals surface area (Å²) in [5.41, 5.74) is 8.37. The normalized spacial score (nSPS) is 16.8. The number of hydrogen-bond acceptors (Lipinski definition) is 11. The van der Waals surface area contributed by atoms with Crippen molar-refractivity contribution in [1.82, 2.24) is 28.6 Å². The Hall–Kier alpha value is -5.47. The molecule has 0 aliphatic carbocycles. The maximum atomic E-state index is 16.2. The van der Waals surface area contributed by atoms with Crippen LogP contribution in [0, 0.1) is 13.8 Å². The highest BCUT2D eigenvalue weighted by Gasteiger charge is 2.43. The predicted octanol–water partition coefficient (Wildman–Crippen LogP) is 8.04. The van der Waals surface area contributed by atoms with Gasteiger partial charge in [0.05, 0.1) is 57.4 Å². The molecule has 58 heavy (non-hydrogen) atoms. The van der Waals surface area contributed by atoms with E-state index in [9.17, 15) is 0 Å². The molecule has 2 fully saturated rings. The zero-order valence-electron chi connectivity index (χ0n) is 33.2. The summed E-state index contributed by atoms with van der Waals surface area (Å²) >= 11 is 3.32. The molecule has 4 aromatic carbocycles. The molecule has 6 heterocycles. The second-order valence-electron chi connectivity index (χ2n) is 15.1. The average molecular weight is 811 g/mol. The van der Waals surface area contributed by atoms with E-state index in [-0.39, 0.29) is 5.78 Å². The van der Waals surface area contributed by atoms with Crippen molar-refractivity contribution in [2.24, 2.45) is 0 Å². The lowest BCUT2D eigenvalue weighted by Gasteiger charge is -2.43. The molecule has 0 amide bonds. The van der Waals surface area contributed by atoms with Gasteiger partial charge in [0.25, 0.3) is 0 Å². The molecule has 2 aliphatic rings. The Morgan fingerprint density at radius 2 is 0.931 bits per heavy atom. The first-order chi connectivity index (χ1) is 28.4. The first-order valence-electron chi connectivity index (χ1n) is 19.9. The number of para-hydroxylation sites is 8. The number of ether oxygens (including phenoxy) is 2. The topological polar surface area (TPSA) is 83.1 Å². The Balaban J connectivity index is 1.07. The number of aromatic nitrogens is 4. The van der Waals surface area contributed by atoms with Crippen LogP contribution in [0.3, 0.4) is 0 Å². The van der Waals surface area contributed by atoms with Crippen LogP contribution in [-0.2, 0) is 4.79 Å². The second-order valence-corrected chi connectivity index (χ2v) is 17.2. The van der Waals surface area contributed by atoms with Gasteiger partial charge < -0.3 is 19.3 Å². The lowest BCUT2D eigenvalue weighted by Crippen LogP contribution is -2.53. The molecule has 8 aromatic rings. The minimum absolute atomic E-state index is 0.199. The number of carbonyl (C=O) groups is 1. The van der Waals surface area contributed by atoms with Crippen molar-refractivity contribution in [1.29, 1.82) is 0 Å². The van der Waals surface area contributed by atoms with Crippen LogP contribution >= 0.6 is 22.7 Å². The maximum Gasteiger partial charge on any atom is 0.195 e. The summed E-state index contributed by atoms with van der Waals surface area (Å²) in [7, 11) is 3.46. The lowest BCUT2D eigenvalue weighted by atomic mass is 9.96. The van der Waals surface area contributed by atoms with E-state index in [1.807, 2.05) is 36.4 Å². The Morgan fingerprint density at radius 1 is 0.552 bits per heavy atom. The second kappa shape index (κ2) is 15.0. The molecular weight excluding hydrogens is 765 g/mol. The SMILES string of the molecule is COc1ccccc1N1CCN(C(C(=O)C(c2sc3nc4ccccc4n3c2C)N2CCN(c3ccccc3OC)CC2)c2sc3nc4ccccc4n3c2C)CC1. The first-order valence-corrected chi connectivity index (χ1v) is 21.6. The highest BCUT2D eigenvalue weighted by molar-refractivity contribution is 7.18. The zero-order chi connectivity index (χ0) is 39.5. The zero-order valence-corrected chi connectivity index (χ0v) is 34.8. The Morgan fingerprint density at radius 3 is 1.34 bits per heavy atom. The van der Waals surface area contributed by atoms with E-state index < -0.39 is 12.1 Å². The van der Waals surface area contributed by atoms with E-state index in [2.05, 4.69) is 103 Å². The lowest BCUT2D eigenvalue weighted by molar-refractivity contribution is -0.130. The van der Waals surface area contributed by atoms with Gasteiger partial charge in [-0.25, -0.2) is 9.97 Å². The minimum atomic E-state index is -0.479. The quantitative estimate of drug-likeness (QED) is 0.136. The van der Waals surface area contributed by atoms with Crippen molar-refractivity contribution < 1.29 is 14.3 Å². The number of aryl methyl sites for hydroxylation is 2. The van der Waals surface area contributed by atoms with E-state index in [1.54, 1.807) is 36.9 Å². The van der Waals surface area contributed by atoms with Gasteiger partial charge in [-0.3, -0.25) is 23.4 Å². The van der Waals surface area contributed by atoms with Crippen molar-refractivity contribution in [3.8, 4) is 11.5 Å². The molecule has 0 N–H and O–H groups in total. The van der Waals surface area contributed by atoms with E-state index >= 15 is 4.79 Å². The number of nitrogens with zero attached hydrogens (tertiary/aromatic N) is 8. The minimum Gasteiger partial charge on any atom is -0.495 e. The number of hydrogen-bond donors (Lipinski definition) is 0. The number of carbonyl (C=O) groups excluding carboxylic acids is 1. The Kier molecular flexibility index (Phi) is 9.55. The average Bonchev–Trinajstić information content (AvgIpc) is 4.00. The fraction of sp³-hybridized carbons (Fsp3) is 0.311. The van der Waals surface area contributed by atoms with Crippen molar-refractivity contribution in [3.05, 3.63) is 118 Å². The highest BCUT2D eigenvalue weighted by Crippen LogP contribution is 2.43. The van der Waals surface area contributed by atoms with Crippen LogP contribution in [0.5, 0.6) is 11.5 Å². The van der Waals surface area contributed by atoms with Gasteiger partial charge in [-0.1, -0.05) is 71.2 Å². The number of Topliss-reactive ketones (excluding diaryl/α,β-unsaturated/α-hetero) is 1. The summed E-state index contributed by atoms with van der Waals surface area (Å²) in [4.78, 5) is 39.9. The third-order valence-corrected chi connectivity index (χ3v) is 14.5. The number of piperazine rings is 2. The summed E-state index contributed by atoms with van der Waals surface area (Å²) in [6.45, 7) is 10.3. The number of imidazole rings is 2. The fourth-order valence-electron chi connectivity index (χ4n) is 9.19. The number of benzene rings is 4. The van der Waals surface area contributed by atoms with Gasteiger partial charge in [-0.15, -0.1) is 0 Å². The summed E-state index contributed by atoms with van der Waals surface area (Å²) in [6, 6.07) is 32.0. The molecule has 2 unspecified atom stereocenters. The maximum absolute atomic E-state index is 16.2. The van der Waals surface area contributed by atoms with Gasteiger partial charge in [0.1, 0.15) is 23.6 Å². The van der Waals surface area contributed by atoms with Gasteiger partial charge in [-0.05, 0) is 62.4 Å². The number of rotatable bonds is 10. The third-order valence-electron chi connectivity index (χ3n) is 12.1. The number of ketones is 1. The monoisotopic (exact) mass is 810 g/mol. The number of thiazole rings is 2. The molecule has 0 saturated carbocycles. The van der Waals surface area contributed by atoms with Crippen LogP contribution in [0.25, 0.3) is 32.0 Å². The summed E-state index contributed by atoms with van der Waals surface area (Å²) < 4.78 is 16.0. The van der Waals surface area contributed by atoms with Crippen LogP contribution in [0.1, 0.15) is 33.2 Å². The van der Waals surface area contributed by atoms with E-state index in [4.69, 9.17) is 19.4 Å². The Bertz CT molecular complexity index is 2600. The molecule has 2 atom stereocenters. The van der Waals surface area contributed by atoms with Crippen LogP contribution in [0.2, 0.25) is 0 Å². The van der Waals surface area contributed by atoms with E-state index in [0.29, 0.717) is 0 Å². The molecule has 2 aliphatic heterocycles. The number of anilines is 2. The molecular formula is C45H46N8O3S2. The van der Waals surface area contributed by atoms with Gasteiger partial charge >= 0.3 is 0 Å². The summed E-state index contributed by atoms with van der Waals surface area (Å²) in [5.74, 6) is 1.93. The molecule has 4 aromatic heterocycles. The molecule has 13 heteroatoms. The van der Waals surface area contributed by atoms with Crippen molar-refractivity contribution in [2.45, 2.75) is 25.9 Å². The largest absolute Gasteiger partial charge is 0.495 e. The van der Waals surface area contributed by atoms with Crippen LogP contribution in [-0.4, -0.2) is 101 Å². The van der Waals surface area contributed by atoms with Crippen molar-refractivity contribution in [3.63, 3.8) is 0 Å². The molecule has 0 spiro atoms. The highest BCUT2D eigenvalue weighted by atomic mass is 32.1. The van der Waals surface area contributed by atoms with E-state index in [1.165, 1.54) is 0 Å². The van der Waals surface area contributed by atoms with E-state index in [0.717, 1.165) is 128 Å². The molecule has 0 radical (unpaired) electrons. The molecule has 296 valence electrons. The van der Waals surface area contributed by atoms with Crippen molar-refractivity contribution >= 4 is 71.8 Å². The first kappa shape index (κ1) is 36.8. The van der Waals surface area contributed by atoms with Crippen LogP contribution < -0.4 is 19.3 Å². The smallest absolute Gasteiger partial charge is 0.195 e. The van der Waals surface area contributed by atoms with Gasteiger partial charge in [-0.2, -0.15) is 0 Å². The standard InChI is InChI=1S/C45H46N8O3S2/c1-29-42(57-44-46-31-13-5-7-15-33(31)52(29)44)39(50-25-21-48(22-26-50)35-17-9-11-19-37(35)55-3)41(54)40(43-30(2)53-34-16-8-6-14-32(34)47-45(53)58-43)51-27-23-49(24-28-51)36-18-10-12-20-38(36)56-4/h5-20,39-40H,21-28H2,1-4H3. The third kappa shape index (κ3) is 6.10. The van der Waals surface area contributed by atoms with Crippen molar-refractivity contribution in [2.75, 3.05) is 76.4 Å². The molecule has 0 bridgehead atoms. The van der Waals surface area contributed by atoms with Gasteiger partial charge in [0.2, 0.25) is 0 Å². The molecule has 11 nitrogen and oxygen atoms in total. The van der Waals surface area contributed by atoms with Gasteiger partial charge in [0.15, 0.2) is 15.7 Å². The number of methoxy groups -OCH3 is 2. The summed E-state index contributed by atoms with van der Waals surface area (Å²) in [6.07, 6.45) is 0. The predicted molar refractivity (Wildman–Crippen MR) is 235 cm³/mol. The van der Waals surface area contributed by atoms with Crippen LogP contribution in [0.4, 0.5) is 11.4 Å². The van der Waals surface area contributed by atoms with Crippen LogP contribution in [0.15, 0.2) is 97.1 Å². The number of fused-ring (bicyclic) bond motifs is 6.